The van der Waals surface area contributed by atoms with Crippen LogP contribution in [0.2, 0.25) is 0 Å². The lowest BCUT2D eigenvalue weighted by molar-refractivity contribution is -0.145. The van der Waals surface area contributed by atoms with Crippen LogP contribution in [0.3, 0.4) is 0 Å². The van der Waals surface area contributed by atoms with Crippen molar-refractivity contribution in [1.82, 2.24) is 19.6 Å². The van der Waals surface area contributed by atoms with E-state index < -0.39 is 29.9 Å². The number of nitrogens with zero attached hydrogens (tertiary/aromatic N) is 4. The van der Waals surface area contributed by atoms with Crippen LogP contribution >= 0.6 is 0 Å². The molecule has 0 spiro atoms. The highest BCUT2D eigenvalue weighted by Crippen LogP contribution is 2.10. The molecule has 0 bridgehead atoms. The van der Waals surface area contributed by atoms with E-state index in [0.717, 1.165) is 0 Å². The molecule has 1 saturated heterocycles. The van der Waals surface area contributed by atoms with Gasteiger partial charge in [0.25, 0.3) is 6.47 Å². The highest BCUT2D eigenvalue weighted by Gasteiger charge is 2.28. The minimum atomic E-state index is -1.18. The number of ether oxygens (including phenoxy) is 1. The first-order valence-corrected chi connectivity index (χ1v) is 10.5. The highest BCUT2D eigenvalue weighted by molar-refractivity contribution is 5.75. The maximum absolute atomic E-state index is 11.9. The van der Waals surface area contributed by atoms with Crippen molar-refractivity contribution < 1.29 is 49.1 Å². The second-order valence-electron chi connectivity index (χ2n) is 7.67. The van der Waals surface area contributed by atoms with Gasteiger partial charge in [-0.25, -0.2) is 0 Å². The molecule has 1 atom stereocenters. The smallest absolute Gasteiger partial charge is 0.320 e. The van der Waals surface area contributed by atoms with Crippen molar-refractivity contribution in [3.8, 4) is 0 Å². The van der Waals surface area contributed by atoms with Gasteiger partial charge >= 0.3 is 23.9 Å². The third kappa shape index (κ3) is 12.1. The van der Waals surface area contributed by atoms with Crippen molar-refractivity contribution in [2.75, 3.05) is 72.2 Å². The van der Waals surface area contributed by atoms with Gasteiger partial charge in [-0.3, -0.25) is 43.6 Å². The van der Waals surface area contributed by atoms with Crippen LogP contribution in [0.4, 0.5) is 0 Å². The number of carbonyl (C=O) groups excluding carboxylic acids is 1. The predicted molar refractivity (Wildman–Crippen MR) is 112 cm³/mol. The minimum absolute atomic E-state index is 0.0732. The third-order valence-corrected chi connectivity index (χ3v) is 5.27. The number of rotatable bonds is 12. The number of carboxylic acids is 4. The summed E-state index contributed by atoms with van der Waals surface area (Å²) in [7, 11) is 0. The van der Waals surface area contributed by atoms with Crippen LogP contribution in [0.15, 0.2) is 0 Å². The Kier molecular flexibility index (Phi) is 12.9. The van der Waals surface area contributed by atoms with E-state index in [1.54, 1.807) is 19.6 Å². The van der Waals surface area contributed by atoms with Gasteiger partial charge in [-0.1, -0.05) is 0 Å². The Hall–Kier alpha value is -2.81. The molecule has 14 heteroatoms. The summed E-state index contributed by atoms with van der Waals surface area (Å²) < 4.78 is 4.82. The van der Waals surface area contributed by atoms with E-state index in [4.69, 9.17) is 9.84 Å². The second kappa shape index (κ2) is 15.1. The summed E-state index contributed by atoms with van der Waals surface area (Å²) in [6.45, 7) is 1.59. The quantitative estimate of drug-likeness (QED) is 0.223. The predicted octanol–water partition coefficient (Wildman–Crippen LogP) is -2.17. The Bertz CT molecular complexity index is 677. The van der Waals surface area contributed by atoms with Gasteiger partial charge in [0, 0.05) is 58.8 Å². The molecule has 0 saturated carbocycles. The van der Waals surface area contributed by atoms with Crippen LogP contribution in [0.5, 0.6) is 0 Å². The fourth-order valence-electron chi connectivity index (χ4n) is 3.55. The lowest BCUT2D eigenvalue weighted by Gasteiger charge is -2.35. The molecular weight excluding hydrogens is 444 g/mol. The van der Waals surface area contributed by atoms with Gasteiger partial charge in [-0.15, -0.1) is 0 Å². The van der Waals surface area contributed by atoms with Crippen LogP contribution in [-0.2, 0) is 28.7 Å². The number of carboxylic acid groups (broad SMARTS) is 4. The molecule has 0 aliphatic carbocycles. The first kappa shape index (κ1) is 28.2. The van der Waals surface area contributed by atoms with Crippen molar-refractivity contribution in [2.45, 2.75) is 18.9 Å². The standard InChI is InChI=1S/C19H32N4O10/c24-14-33-13-22-6-5-20(11-17(27)28)3-4-21(12-18(29)30)7-9-23(10-8-22)15(19(31)32)1-2-16(25)26/h14-15H,1-13H2,(H,25,26)(H,27,28)(H,29,30)(H,31,32). The molecule has 0 aromatic carbocycles. The summed E-state index contributed by atoms with van der Waals surface area (Å²) in [5, 5.41) is 37.0. The number of carbonyl (C=O) groups is 5. The van der Waals surface area contributed by atoms with Gasteiger partial charge < -0.3 is 25.2 Å². The zero-order chi connectivity index (χ0) is 24.8. The second-order valence-corrected chi connectivity index (χ2v) is 7.67. The average Bonchev–Trinajstić information content (AvgIpc) is 2.71. The molecule has 1 heterocycles. The number of hydrogen-bond donors (Lipinski definition) is 4. The van der Waals surface area contributed by atoms with Crippen LogP contribution in [-0.4, -0.2) is 149 Å². The molecule has 0 aromatic rings. The van der Waals surface area contributed by atoms with Crippen molar-refractivity contribution in [3.05, 3.63) is 0 Å². The van der Waals surface area contributed by atoms with Crippen LogP contribution in [0.25, 0.3) is 0 Å². The zero-order valence-corrected chi connectivity index (χ0v) is 18.4. The Morgan fingerprint density at radius 3 is 1.61 bits per heavy atom. The van der Waals surface area contributed by atoms with Gasteiger partial charge in [0.1, 0.15) is 12.8 Å². The average molecular weight is 476 g/mol. The van der Waals surface area contributed by atoms with Gasteiger partial charge in [-0.05, 0) is 6.42 Å². The fourth-order valence-corrected chi connectivity index (χ4v) is 3.55. The summed E-state index contributed by atoms with van der Waals surface area (Å²) in [4.78, 5) is 62.5. The fraction of sp³-hybridized carbons (Fsp3) is 0.737. The summed E-state index contributed by atoms with van der Waals surface area (Å²) >= 11 is 0. The van der Waals surface area contributed by atoms with E-state index in [2.05, 4.69) is 0 Å². The van der Waals surface area contributed by atoms with Gasteiger partial charge in [0.15, 0.2) is 0 Å². The Balaban J connectivity index is 3.08. The summed E-state index contributed by atoms with van der Waals surface area (Å²) in [6, 6.07) is -1.09. The number of aliphatic carboxylic acids is 4. The van der Waals surface area contributed by atoms with Gasteiger partial charge in [-0.2, -0.15) is 0 Å². The molecular formula is C19H32N4O10. The minimum Gasteiger partial charge on any atom is -0.481 e. The molecule has 0 aromatic heterocycles. The molecule has 33 heavy (non-hydrogen) atoms. The van der Waals surface area contributed by atoms with E-state index in [1.807, 2.05) is 0 Å². The SMILES string of the molecule is O=COCN1CCN(CC(=O)O)CCN(CC(=O)O)CCN(C(CCC(=O)O)C(=O)O)CC1. The third-order valence-electron chi connectivity index (χ3n) is 5.27. The maximum Gasteiger partial charge on any atom is 0.320 e. The molecule has 1 aliphatic rings. The van der Waals surface area contributed by atoms with Crippen molar-refractivity contribution in [3.63, 3.8) is 0 Å². The molecule has 1 fully saturated rings. The normalized spacial score (nSPS) is 19.0. The van der Waals surface area contributed by atoms with Crippen LogP contribution in [0, 0.1) is 0 Å². The van der Waals surface area contributed by atoms with Crippen molar-refractivity contribution >= 4 is 30.3 Å². The first-order valence-electron chi connectivity index (χ1n) is 10.5. The maximum atomic E-state index is 11.9. The summed E-state index contributed by atoms with van der Waals surface area (Å²) in [5.41, 5.74) is 0. The van der Waals surface area contributed by atoms with Crippen LogP contribution in [0.1, 0.15) is 12.8 Å². The molecule has 4 N–H and O–H groups in total. The molecule has 188 valence electrons. The van der Waals surface area contributed by atoms with E-state index in [9.17, 15) is 39.3 Å². The Labute approximate surface area is 190 Å². The van der Waals surface area contributed by atoms with Gasteiger partial charge in [0.05, 0.1) is 13.1 Å². The topological polar surface area (TPSA) is 188 Å². The largest absolute Gasteiger partial charge is 0.481 e. The molecule has 1 aliphatic heterocycles. The van der Waals surface area contributed by atoms with Crippen LogP contribution < -0.4 is 0 Å². The lowest BCUT2D eigenvalue weighted by atomic mass is 10.1. The van der Waals surface area contributed by atoms with E-state index in [-0.39, 0.29) is 78.4 Å². The first-order chi connectivity index (χ1) is 15.6. The monoisotopic (exact) mass is 476 g/mol. The summed E-state index contributed by atoms with van der Waals surface area (Å²) in [6.07, 6.45) is -0.463. The molecule has 1 unspecified atom stereocenters. The molecule has 14 nitrogen and oxygen atoms in total. The zero-order valence-electron chi connectivity index (χ0n) is 18.4. The lowest BCUT2D eigenvalue weighted by Crippen LogP contribution is -2.51. The Morgan fingerprint density at radius 1 is 0.727 bits per heavy atom. The number of hydrogen-bond acceptors (Lipinski definition) is 10. The van der Waals surface area contributed by atoms with Crippen molar-refractivity contribution in [2.24, 2.45) is 0 Å². The Morgan fingerprint density at radius 2 is 1.18 bits per heavy atom. The summed E-state index contributed by atoms with van der Waals surface area (Å²) in [5.74, 6) is -4.41. The molecule has 1 rings (SSSR count). The van der Waals surface area contributed by atoms with Crippen molar-refractivity contribution in [1.29, 1.82) is 0 Å². The van der Waals surface area contributed by atoms with Gasteiger partial charge in [0.2, 0.25) is 0 Å². The molecule has 0 radical (unpaired) electrons. The van der Waals surface area contributed by atoms with E-state index >= 15 is 0 Å². The van der Waals surface area contributed by atoms with E-state index in [1.165, 1.54) is 0 Å². The molecule has 0 amide bonds. The van der Waals surface area contributed by atoms with E-state index in [0.29, 0.717) is 13.1 Å². The highest BCUT2D eigenvalue weighted by atomic mass is 16.5.